The number of benzene rings is 2. The van der Waals surface area contributed by atoms with Gasteiger partial charge in [-0.25, -0.2) is 0 Å². The van der Waals surface area contributed by atoms with E-state index in [4.69, 9.17) is 4.42 Å². The summed E-state index contributed by atoms with van der Waals surface area (Å²) in [6, 6.07) is 14.2. The summed E-state index contributed by atoms with van der Waals surface area (Å²) in [5.41, 5.74) is 3.73. The van der Waals surface area contributed by atoms with Gasteiger partial charge in [0.15, 0.2) is 6.29 Å². The fourth-order valence-corrected chi connectivity index (χ4v) is 2.88. The van der Waals surface area contributed by atoms with Crippen LogP contribution in [0.1, 0.15) is 33.5 Å². The molecule has 3 rings (SSSR count). The Morgan fingerprint density at radius 1 is 1.09 bits per heavy atom. The zero-order valence-corrected chi connectivity index (χ0v) is 13.0. The first-order valence-corrected chi connectivity index (χ1v) is 7.73. The van der Waals surface area contributed by atoms with Gasteiger partial charge in [0.25, 0.3) is 0 Å². The summed E-state index contributed by atoms with van der Waals surface area (Å²) in [6.07, 6.45) is 4.58. The predicted molar refractivity (Wildman–Crippen MR) is 91.1 cm³/mol. The molecule has 116 valence electrons. The second-order valence-electron chi connectivity index (χ2n) is 5.78. The van der Waals surface area contributed by atoms with Crippen molar-refractivity contribution < 1.29 is 9.21 Å². The zero-order valence-electron chi connectivity index (χ0n) is 13.0. The van der Waals surface area contributed by atoms with Crippen LogP contribution in [0.5, 0.6) is 0 Å². The molecule has 0 spiro atoms. The van der Waals surface area contributed by atoms with Gasteiger partial charge in [0, 0.05) is 0 Å². The molecule has 1 aromatic heterocycles. The van der Waals surface area contributed by atoms with E-state index in [1.807, 2.05) is 25.1 Å². The lowest BCUT2D eigenvalue weighted by Gasteiger charge is -2.08. The summed E-state index contributed by atoms with van der Waals surface area (Å²) in [7, 11) is 0. The van der Waals surface area contributed by atoms with Crippen LogP contribution in [-0.4, -0.2) is 6.29 Å². The van der Waals surface area contributed by atoms with Crippen molar-refractivity contribution >= 4 is 17.3 Å². The van der Waals surface area contributed by atoms with Crippen molar-refractivity contribution in [2.45, 2.75) is 26.2 Å². The number of carbonyl (C=O) groups excluding carboxylic acids is 1. The van der Waals surface area contributed by atoms with E-state index in [2.05, 4.69) is 18.2 Å². The highest BCUT2D eigenvalue weighted by Gasteiger charge is 2.11. The minimum absolute atomic E-state index is 0.0679. The maximum atomic E-state index is 12.3. The maximum absolute atomic E-state index is 12.3. The van der Waals surface area contributed by atoms with Gasteiger partial charge in [0.1, 0.15) is 11.8 Å². The molecule has 0 N–H and O–H groups in total. The van der Waals surface area contributed by atoms with Crippen LogP contribution in [0.4, 0.5) is 0 Å². The molecule has 2 aromatic carbocycles. The van der Waals surface area contributed by atoms with Crippen molar-refractivity contribution in [3.05, 3.63) is 81.2 Å². The van der Waals surface area contributed by atoms with Gasteiger partial charge in [-0.1, -0.05) is 36.4 Å². The molecule has 0 radical (unpaired) electrons. The van der Waals surface area contributed by atoms with Crippen molar-refractivity contribution in [3.8, 4) is 0 Å². The first kappa shape index (κ1) is 15.2. The molecule has 3 nitrogen and oxygen atoms in total. The summed E-state index contributed by atoms with van der Waals surface area (Å²) < 4.78 is 5.57. The molecule has 1 heterocycles. The Morgan fingerprint density at radius 3 is 2.61 bits per heavy atom. The second kappa shape index (κ2) is 6.61. The summed E-state index contributed by atoms with van der Waals surface area (Å²) in [5.74, 6) is 0. The van der Waals surface area contributed by atoms with Crippen LogP contribution in [0.2, 0.25) is 0 Å². The summed E-state index contributed by atoms with van der Waals surface area (Å²) in [6.45, 7) is 1.95. The Labute approximate surface area is 134 Å². The third-order valence-corrected chi connectivity index (χ3v) is 4.00. The number of carbonyl (C=O) groups is 1. The molecule has 3 heteroatoms. The van der Waals surface area contributed by atoms with E-state index in [1.165, 1.54) is 11.8 Å². The molecule has 0 unspecified atom stereocenters. The van der Waals surface area contributed by atoms with E-state index < -0.39 is 0 Å². The highest BCUT2D eigenvalue weighted by molar-refractivity contribution is 5.86. The monoisotopic (exact) mass is 306 g/mol. The fourth-order valence-electron chi connectivity index (χ4n) is 2.88. The van der Waals surface area contributed by atoms with Crippen molar-refractivity contribution in [1.29, 1.82) is 0 Å². The number of fused-ring (bicyclic) bond motifs is 1. The Morgan fingerprint density at radius 2 is 1.87 bits per heavy atom. The highest BCUT2D eigenvalue weighted by Crippen LogP contribution is 2.21. The number of rotatable bonds is 5. The lowest BCUT2D eigenvalue weighted by molar-refractivity contribution is 0.112. The Kier molecular flexibility index (Phi) is 4.38. The summed E-state index contributed by atoms with van der Waals surface area (Å²) in [5, 5.41) is 0.490. The molecular formula is C20H18O3. The van der Waals surface area contributed by atoms with E-state index in [1.54, 1.807) is 6.07 Å². The largest absolute Gasteiger partial charge is 0.463 e. The first-order chi connectivity index (χ1) is 11.2. The average molecular weight is 306 g/mol. The molecule has 0 fully saturated rings. The molecule has 0 saturated heterocycles. The van der Waals surface area contributed by atoms with E-state index in [0.717, 1.165) is 30.4 Å². The van der Waals surface area contributed by atoms with Crippen LogP contribution >= 0.6 is 0 Å². The van der Waals surface area contributed by atoms with Gasteiger partial charge < -0.3 is 4.42 Å². The van der Waals surface area contributed by atoms with E-state index >= 15 is 0 Å². The van der Waals surface area contributed by atoms with Crippen molar-refractivity contribution in [2.24, 2.45) is 0 Å². The Bertz CT molecular complexity index is 892. The van der Waals surface area contributed by atoms with Gasteiger partial charge in [-0.2, -0.15) is 0 Å². The van der Waals surface area contributed by atoms with E-state index in [-0.39, 0.29) is 11.0 Å². The van der Waals surface area contributed by atoms with Gasteiger partial charge in [0.05, 0.1) is 10.9 Å². The van der Waals surface area contributed by atoms with Crippen LogP contribution in [0.25, 0.3) is 11.0 Å². The Hall–Kier alpha value is -2.68. The fraction of sp³-hybridized carbons (Fsp3) is 0.200. The average Bonchev–Trinajstić information content (AvgIpc) is 2.57. The summed E-state index contributed by atoms with van der Waals surface area (Å²) >= 11 is 0. The lowest BCUT2D eigenvalue weighted by Crippen LogP contribution is -2.09. The van der Waals surface area contributed by atoms with Gasteiger partial charge in [-0.3, -0.25) is 9.59 Å². The van der Waals surface area contributed by atoms with Crippen LogP contribution in [0, 0.1) is 6.92 Å². The molecule has 0 atom stereocenters. The second-order valence-corrected chi connectivity index (χ2v) is 5.78. The molecule has 0 saturated carbocycles. The van der Waals surface area contributed by atoms with Gasteiger partial charge in [-0.05, 0) is 48.9 Å². The molecule has 0 aliphatic rings. The smallest absolute Gasteiger partial charge is 0.203 e. The molecule has 0 aliphatic heterocycles. The normalized spacial score (nSPS) is 10.8. The highest BCUT2D eigenvalue weighted by atomic mass is 16.3. The van der Waals surface area contributed by atoms with E-state index in [0.29, 0.717) is 17.3 Å². The van der Waals surface area contributed by atoms with Crippen LogP contribution in [0.15, 0.2) is 57.9 Å². The zero-order chi connectivity index (χ0) is 16.2. The number of hydrogen-bond acceptors (Lipinski definition) is 3. The SMILES string of the molecule is Cc1cc(CCCc2ccccc2)c2occ(C=O)c(=O)c2c1. The van der Waals surface area contributed by atoms with Crippen LogP contribution < -0.4 is 5.43 Å². The van der Waals surface area contributed by atoms with Crippen molar-refractivity contribution in [2.75, 3.05) is 0 Å². The number of hydrogen-bond donors (Lipinski definition) is 0. The predicted octanol–water partition coefficient (Wildman–Crippen LogP) is 4.09. The third kappa shape index (κ3) is 3.24. The van der Waals surface area contributed by atoms with Gasteiger partial charge in [0.2, 0.25) is 5.43 Å². The third-order valence-electron chi connectivity index (χ3n) is 4.00. The molecule has 0 aliphatic carbocycles. The van der Waals surface area contributed by atoms with E-state index in [9.17, 15) is 9.59 Å². The lowest BCUT2D eigenvalue weighted by atomic mass is 9.99. The minimum Gasteiger partial charge on any atom is -0.463 e. The number of aryl methyl sites for hydroxylation is 3. The van der Waals surface area contributed by atoms with Gasteiger partial charge in [-0.15, -0.1) is 0 Å². The van der Waals surface area contributed by atoms with Gasteiger partial charge >= 0.3 is 0 Å². The van der Waals surface area contributed by atoms with Crippen LogP contribution in [0.3, 0.4) is 0 Å². The maximum Gasteiger partial charge on any atom is 0.203 e. The molecular weight excluding hydrogens is 288 g/mol. The Balaban J connectivity index is 1.90. The minimum atomic E-state index is -0.255. The molecule has 23 heavy (non-hydrogen) atoms. The summed E-state index contributed by atoms with van der Waals surface area (Å²) in [4.78, 5) is 23.2. The van der Waals surface area contributed by atoms with Crippen LogP contribution in [-0.2, 0) is 12.8 Å². The van der Waals surface area contributed by atoms with Crippen molar-refractivity contribution in [1.82, 2.24) is 0 Å². The van der Waals surface area contributed by atoms with Crippen molar-refractivity contribution in [3.63, 3.8) is 0 Å². The quantitative estimate of drug-likeness (QED) is 0.667. The molecule has 0 bridgehead atoms. The molecule has 0 amide bonds. The topological polar surface area (TPSA) is 47.3 Å². The first-order valence-electron chi connectivity index (χ1n) is 7.73. The molecule has 3 aromatic rings. The standard InChI is InChI=1S/C20H18O3/c1-14-10-16(9-5-8-15-6-3-2-4-7-15)20-18(11-14)19(22)17(12-21)13-23-20/h2-4,6-7,10-13H,5,8-9H2,1H3. The number of aldehydes is 1.